The molecular weight excluding hydrogens is 196 g/mol. The summed E-state index contributed by atoms with van der Waals surface area (Å²) in [7, 11) is 0. The zero-order valence-electron chi connectivity index (χ0n) is 9.25. The minimum Gasteiger partial charge on any atom is -0.379 e. The molecule has 0 unspecified atom stereocenters. The van der Waals surface area contributed by atoms with E-state index < -0.39 is 0 Å². The molecule has 2 N–H and O–H groups in total. The highest BCUT2D eigenvalue weighted by atomic mass is 15.0. The summed E-state index contributed by atoms with van der Waals surface area (Å²) >= 11 is 0. The minimum atomic E-state index is 0.874. The van der Waals surface area contributed by atoms with Crippen LogP contribution < -0.4 is 10.6 Å². The fourth-order valence-corrected chi connectivity index (χ4v) is 2.05. The molecule has 2 nitrogen and oxygen atoms in total. The van der Waals surface area contributed by atoms with Crippen LogP contribution in [0.3, 0.4) is 0 Å². The van der Waals surface area contributed by atoms with Crippen molar-refractivity contribution in [3.63, 3.8) is 0 Å². The van der Waals surface area contributed by atoms with Gasteiger partial charge >= 0.3 is 0 Å². The molecule has 2 heteroatoms. The number of anilines is 3. The van der Waals surface area contributed by atoms with Gasteiger partial charge in [0, 0.05) is 12.2 Å². The first-order valence-corrected chi connectivity index (χ1v) is 5.52. The minimum absolute atomic E-state index is 0.874. The Morgan fingerprint density at radius 2 is 1.81 bits per heavy atom. The molecule has 1 heterocycles. The molecule has 2 aromatic rings. The van der Waals surface area contributed by atoms with Gasteiger partial charge in [0.2, 0.25) is 0 Å². The zero-order valence-corrected chi connectivity index (χ0v) is 9.25. The van der Waals surface area contributed by atoms with Crippen LogP contribution in [0.15, 0.2) is 42.5 Å². The monoisotopic (exact) mass is 210 g/mol. The topological polar surface area (TPSA) is 24.1 Å². The first-order valence-electron chi connectivity index (χ1n) is 5.52. The lowest BCUT2D eigenvalue weighted by molar-refractivity contribution is 1.17. The smallest absolute Gasteiger partial charge is 0.0622 e. The van der Waals surface area contributed by atoms with Crippen LogP contribution in [0.25, 0.3) is 0 Å². The summed E-state index contributed by atoms with van der Waals surface area (Å²) in [6, 6.07) is 14.8. The largest absolute Gasteiger partial charge is 0.379 e. The van der Waals surface area contributed by atoms with Gasteiger partial charge in [-0.1, -0.05) is 24.3 Å². The van der Waals surface area contributed by atoms with Gasteiger partial charge in [-0.2, -0.15) is 0 Å². The van der Waals surface area contributed by atoms with Gasteiger partial charge in [0.15, 0.2) is 0 Å². The number of fused-ring (bicyclic) bond motifs is 2. The number of para-hydroxylation sites is 1. The highest BCUT2D eigenvalue weighted by molar-refractivity contribution is 5.78. The van der Waals surface area contributed by atoms with Crippen molar-refractivity contribution < 1.29 is 0 Å². The van der Waals surface area contributed by atoms with Crippen LogP contribution in [-0.4, -0.2) is 0 Å². The van der Waals surface area contributed by atoms with Crippen LogP contribution in [0.5, 0.6) is 0 Å². The van der Waals surface area contributed by atoms with E-state index in [9.17, 15) is 0 Å². The van der Waals surface area contributed by atoms with Gasteiger partial charge < -0.3 is 10.6 Å². The lowest BCUT2D eigenvalue weighted by Crippen LogP contribution is -1.96. The normalized spacial score (nSPS) is 12.8. The van der Waals surface area contributed by atoms with E-state index in [2.05, 4.69) is 60.0 Å². The molecule has 16 heavy (non-hydrogen) atoms. The quantitative estimate of drug-likeness (QED) is 0.693. The molecule has 0 spiro atoms. The van der Waals surface area contributed by atoms with E-state index in [1.165, 1.54) is 22.5 Å². The van der Waals surface area contributed by atoms with Crippen molar-refractivity contribution in [3.05, 3.63) is 53.6 Å². The van der Waals surface area contributed by atoms with Gasteiger partial charge in [-0.3, -0.25) is 0 Å². The Morgan fingerprint density at radius 3 is 2.75 bits per heavy atom. The third-order valence-corrected chi connectivity index (χ3v) is 2.93. The van der Waals surface area contributed by atoms with Gasteiger partial charge in [0.1, 0.15) is 0 Å². The standard InChI is InChI=1S/C14H14N2/c1-10-6-7-13-14(8-10)16-12-5-3-2-4-11(12)9-15-13/h2-8,15-16H,9H2,1H3. The fraction of sp³-hybridized carbons (Fsp3) is 0.143. The number of hydrogen-bond acceptors (Lipinski definition) is 2. The van der Waals surface area contributed by atoms with Crippen molar-refractivity contribution in [3.8, 4) is 0 Å². The van der Waals surface area contributed by atoms with Crippen LogP contribution >= 0.6 is 0 Å². The van der Waals surface area contributed by atoms with Crippen LogP contribution in [-0.2, 0) is 6.54 Å². The summed E-state index contributed by atoms with van der Waals surface area (Å²) in [4.78, 5) is 0. The molecule has 0 saturated heterocycles. The van der Waals surface area contributed by atoms with Crippen molar-refractivity contribution >= 4 is 17.1 Å². The molecule has 0 aliphatic carbocycles. The van der Waals surface area contributed by atoms with E-state index >= 15 is 0 Å². The number of nitrogens with one attached hydrogen (secondary N) is 2. The SMILES string of the molecule is Cc1ccc2c(c1)Nc1ccccc1CN2. The second-order valence-electron chi connectivity index (χ2n) is 4.18. The Hall–Kier alpha value is -1.96. The van der Waals surface area contributed by atoms with Gasteiger partial charge in [-0.05, 0) is 36.2 Å². The molecule has 1 aliphatic rings. The van der Waals surface area contributed by atoms with Crippen LogP contribution in [0.4, 0.5) is 17.1 Å². The first kappa shape index (κ1) is 9.28. The molecule has 1 aliphatic heterocycles. The van der Waals surface area contributed by atoms with Gasteiger partial charge in [0.05, 0.1) is 11.4 Å². The average molecular weight is 210 g/mol. The summed E-state index contributed by atoms with van der Waals surface area (Å²) in [6.07, 6.45) is 0. The highest BCUT2D eigenvalue weighted by Crippen LogP contribution is 2.32. The van der Waals surface area contributed by atoms with Crippen molar-refractivity contribution in [1.82, 2.24) is 0 Å². The summed E-state index contributed by atoms with van der Waals surface area (Å²) in [5, 5.41) is 6.93. The molecule has 2 aromatic carbocycles. The Labute approximate surface area is 95.3 Å². The molecule has 0 saturated carbocycles. The first-order chi connectivity index (χ1) is 7.83. The maximum Gasteiger partial charge on any atom is 0.0622 e. The van der Waals surface area contributed by atoms with E-state index in [1.807, 2.05) is 0 Å². The lowest BCUT2D eigenvalue weighted by atomic mass is 10.2. The van der Waals surface area contributed by atoms with E-state index in [0.717, 1.165) is 12.2 Å². The number of hydrogen-bond donors (Lipinski definition) is 2. The van der Waals surface area contributed by atoms with Crippen molar-refractivity contribution in [2.45, 2.75) is 13.5 Å². The second kappa shape index (κ2) is 3.56. The summed E-state index contributed by atoms with van der Waals surface area (Å²) in [5.74, 6) is 0. The van der Waals surface area contributed by atoms with Gasteiger partial charge in [-0.15, -0.1) is 0 Å². The number of rotatable bonds is 0. The Kier molecular flexibility index (Phi) is 2.07. The van der Waals surface area contributed by atoms with Crippen molar-refractivity contribution in [1.29, 1.82) is 0 Å². The number of benzene rings is 2. The highest BCUT2D eigenvalue weighted by Gasteiger charge is 2.10. The Morgan fingerprint density at radius 1 is 0.938 bits per heavy atom. The van der Waals surface area contributed by atoms with Gasteiger partial charge in [-0.25, -0.2) is 0 Å². The molecule has 0 bridgehead atoms. The molecule has 0 aromatic heterocycles. The van der Waals surface area contributed by atoms with E-state index in [0.29, 0.717) is 0 Å². The molecule has 0 fully saturated rings. The Balaban J connectivity index is 2.10. The maximum absolute atomic E-state index is 3.48. The lowest BCUT2D eigenvalue weighted by Gasteiger charge is -2.09. The molecular formula is C14H14N2. The van der Waals surface area contributed by atoms with Crippen LogP contribution in [0, 0.1) is 6.92 Å². The van der Waals surface area contributed by atoms with Gasteiger partial charge in [0.25, 0.3) is 0 Å². The van der Waals surface area contributed by atoms with E-state index in [4.69, 9.17) is 0 Å². The maximum atomic E-state index is 3.48. The van der Waals surface area contributed by atoms with E-state index in [-0.39, 0.29) is 0 Å². The Bertz CT molecular complexity index is 532. The third kappa shape index (κ3) is 1.52. The zero-order chi connectivity index (χ0) is 11.0. The predicted octanol–water partition coefficient (Wildman–Crippen LogP) is 3.66. The summed E-state index contributed by atoms with van der Waals surface area (Å²) in [6.45, 7) is 2.98. The molecule has 3 rings (SSSR count). The molecule has 0 atom stereocenters. The number of aryl methyl sites for hydroxylation is 1. The second-order valence-corrected chi connectivity index (χ2v) is 4.18. The third-order valence-electron chi connectivity index (χ3n) is 2.93. The fourth-order valence-electron chi connectivity index (χ4n) is 2.05. The summed E-state index contributed by atoms with van der Waals surface area (Å²) < 4.78 is 0. The summed E-state index contributed by atoms with van der Waals surface area (Å²) in [5.41, 5.74) is 6.09. The van der Waals surface area contributed by atoms with Crippen LogP contribution in [0.2, 0.25) is 0 Å². The van der Waals surface area contributed by atoms with E-state index in [1.54, 1.807) is 0 Å². The van der Waals surface area contributed by atoms with Crippen molar-refractivity contribution in [2.75, 3.05) is 10.6 Å². The van der Waals surface area contributed by atoms with Crippen LogP contribution in [0.1, 0.15) is 11.1 Å². The molecule has 80 valence electrons. The van der Waals surface area contributed by atoms with Crippen molar-refractivity contribution in [2.24, 2.45) is 0 Å². The average Bonchev–Trinajstić information content (AvgIpc) is 2.47. The molecule has 0 amide bonds. The molecule has 0 radical (unpaired) electrons. The predicted molar refractivity (Wildman–Crippen MR) is 68.2 cm³/mol.